The summed E-state index contributed by atoms with van der Waals surface area (Å²) in [7, 11) is 0. The summed E-state index contributed by atoms with van der Waals surface area (Å²) >= 11 is 7.90. The quantitative estimate of drug-likeness (QED) is 0.852. The molecule has 2 aromatic rings. The van der Waals surface area contributed by atoms with Crippen LogP contribution in [0.1, 0.15) is 23.3 Å². The van der Waals surface area contributed by atoms with Crippen LogP contribution in [-0.2, 0) is 12.8 Å². The van der Waals surface area contributed by atoms with Gasteiger partial charge < -0.3 is 5.11 Å². The van der Waals surface area contributed by atoms with Crippen molar-refractivity contribution < 1.29 is 5.11 Å². The van der Waals surface area contributed by atoms with Crippen LogP contribution in [0, 0.1) is 5.92 Å². The molecule has 0 aliphatic heterocycles. The molecular weight excluding hydrogens is 256 g/mol. The van der Waals surface area contributed by atoms with E-state index in [1.54, 1.807) is 11.3 Å². The first-order chi connectivity index (χ1) is 8.29. The minimum Gasteiger partial charge on any atom is -0.396 e. The molecule has 2 heterocycles. The highest BCUT2D eigenvalue weighted by atomic mass is 35.5. The Bertz CT molecular complexity index is 555. The Morgan fingerprint density at radius 1 is 1.47 bits per heavy atom. The third-order valence-corrected chi connectivity index (χ3v) is 4.92. The fourth-order valence-electron chi connectivity index (χ4n) is 2.57. The van der Waals surface area contributed by atoms with E-state index >= 15 is 0 Å². The van der Waals surface area contributed by atoms with Gasteiger partial charge in [-0.25, -0.2) is 9.97 Å². The molecule has 3 rings (SSSR count). The van der Waals surface area contributed by atoms with Crippen LogP contribution in [0.4, 0.5) is 0 Å². The van der Waals surface area contributed by atoms with Gasteiger partial charge in [-0.05, 0) is 37.2 Å². The van der Waals surface area contributed by atoms with E-state index in [2.05, 4.69) is 9.97 Å². The summed E-state index contributed by atoms with van der Waals surface area (Å²) in [5.74, 6) is 0.571. The Morgan fingerprint density at radius 3 is 3.18 bits per heavy atom. The lowest BCUT2D eigenvalue weighted by molar-refractivity contribution is 0.249. The van der Waals surface area contributed by atoms with Gasteiger partial charge in [-0.15, -0.1) is 11.3 Å². The van der Waals surface area contributed by atoms with E-state index in [1.165, 1.54) is 16.8 Å². The van der Waals surface area contributed by atoms with Gasteiger partial charge in [-0.1, -0.05) is 11.6 Å². The van der Waals surface area contributed by atoms with Crippen molar-refractivity contribution in [3.05, 3.63) is 21.9 Å². The zero-order valence-corrected chi connectivity index (χ0v) is 10.9. The molecule has 1 aliphatic rings. The normalized spacial score (nSPS) is 19.5. The summed E-state index contributed by atoms with van der Waals surface area (Å²) in [6, 6.07) is 0. The van der Waals surface area contributed by atoms with Crippen molar-refractivity contribution in [3.8, 4) is 0 Å². The largest absolute Gasteiger partial charge is 0.396 e. The van der Waals surface area contributed by atoms with Gasteiger partial charge in [0.25, 0.3) is 0 Å². The van der Waals surface area contributed by atoms with Gasteiger partial charge in [0.15, 0.2) is 0 Å². The number of aromatic nitrogens is 2. The number of hydrogen-bond acceptors (Lipinski definition) is 4. The summed E-state index contributed by atoms with van der Waals surface area (Å²) in [6.07, 6.45) is 5.64. The summed E-state index contributed by atoms with van der Waals surface area (Å²) in [4.78, 5) is 10.8. The number of nitrogens with zero attached hydrogens (tertiary/aromatic N) is 2. The standard InChI is InChI=1S/C12H13ClN2OS/c13-11-10-8-5-7(3-4-16)1-2-9(8)17-12(10)15-6-14-11/h6-7,16H,1-5H2/t7-/m0/s1. The van der Waals surface area contributed by atoms with Crippen LogP contribution in [0.3, 0.4) is 0 Å². The van der Waals surface area contributed by atoms with E-state index in [4.69, 9.17) is 16.7 Å². The lowest BCUT2D eigenvalue weighted by Gasteiger charge is -2.21. The third kappa shape index (κ3) is 1.94. The Morgan fingerprint density at radius 2 is 2.35 bits per heavy atom. The number of aliphatic hydroxyl groups is 1. The van der Waals surface area contributed by atoms with E-state index < -0.39 is 0 Å². The van der Waals surface area contributed by atoms with Gasteiger partial charge in [-0.2, -0.15) is 0 Å². The maximum absolute atomic E-state index is 9.04. The average Bonchev–Trinajstić information content (AvgIpc) is 2.68. The first-order valence-corrected chi connectivity index (χ1v) is 7.00. The van der Waals surface area contributed by atoms with Crippen LogP contribution in [-0.4, -0.2) is 21.7 Å². The Labute approximate surface area is 108 Å². The molecule has 0 amide bonds. The number of halogens is 1. The van der Waals surface area contributed by atoms with E-state index in [9.17, 15) is 0 Å². The van der Waals surface area contributed by atoms with Crippen LogP contribution in [0.25, 0.3) is 10.2 Å². The molecule has 0 aromatic carbocycles. The van der Waals surface area contributed by atoms with Crippen LogP contribution in [0.2, 0.25) is 5.15 Å². The van der Waals surface area contributed by atoms with Crippen molar-refractivity contribution >= 4 is 33.2 Å². The van der Waals surface area contributed by atoms with Gasteiger partial charge in [0.05, 0.1) is 5.39 Å². The maximum atomic E-state index is 9.04. The van der Waals surface area contributed by atoms with Gasteiger partial charge >= 0.3 is 0 Å². The molecule has 3 nitrogen and oxygen atoms in total. The molecule has 17 heavy (non-hydrogen) atoms. The van der Waals surface area contributed by atoms with Crippen molar-refractivity contribution in [1.29, 1.82) is 0 Å². The Balaban J connectivity index is 2.08. The number of aryl methyl sites for hydroxylation is 1. The summed E-state index contributed by atoms with van der Waals surface area (Å²) in [5, 5.41) is 10.6. The zero-order chi connectivity index (χ0) is 11.8. The number of fused-ring (bicyclic) bond motifs is 3. The first kappa shape index (κ1) is 11.4. The van der Waals surface area contributed by atoms with Crippen LogP contribution in [0.5, 0.6) is 0 Å². The zero-order valence-electron chi connectivity index (χ0n) is 9.32. The molecule has 0 saturated carbocycles. The van der Waals surface area contributed by atoms with E-state index in [0.717, 1.165) is 35.9 Å². The molecule has 0 spiro atoms. The summed E-state index contributed by atoms with van der Waals surface area (Å²) in [5.41, 5.74) is 1.32. The smallest absolute Gasteiger partial charge is 0.141 e. The molecule has 0 fully saturated rings. The summed E-state index contributed by atoms with van der Waals surface area (Å²) < 4.78 is 0. The van der Waals surface area contributed by atoms with Crippen molar-refractivity contribution in [1.82, 2.24) is 9.97 Å². The molecule has 0 radical (unpaired) electrons. The highest BCUT2D eigenvalue weighted by molar-refractivity contribution is 7.19. The molecule has 1 N–H and O–H groups in total. The SMILES string of the molecule is OCC[C@@H]1CCc2sc3ncnc(Cl)c3c2C1. The average molecular weight is 269 g/mol. The molecule has 1 atom stereocenters. The molecule has 0 unspecified atom stereocenters. The highest BCUT2D eigenvalue weighted by Crippen LogP contribution is 2.40. The monoisotopic (exact) mass is 268 g/mol. The molecule has 0 bridgehead atoms. The predicted molar refractivity (Wildman–Crippen MR) is 69.6 cm³/mol. The molecule has 1 aliphatic carbocycles. The summed E-state index contributed by atoms with van der Waals surface area (Å²) in [6.45, 7) is 0.270. The van der Waals surface area contributed by atoms with E-state index in [0.29, 0.717) is 11.1 Å². The minimum atomic E-state index is 0.270. The molecule has 90 valence electrons. The van der Waals surface area contributed by atoms with Crippen molar-refractivity contribution in [2.24, 2.45) is 5.92 Å². The molecular formula is C12H13ClN2OS. The van der Waals surface area contributed by atoms with Crippen molar-refractivity contribution in [2.75, 3.05) is 6.61 Å². The van der Waals surface area contributed by atoms with Gasteiger partial charge in [0, 0.05) is 11.5 Å². The number of hydrogen-bond donors (Lipinski definition) is 1. The fraction of sp³-hybridized carbons (Fsp3) is 0.500. The third-order valence-electron chi connectivity index (χ3n) is 3.43. The highest BCUT2D eigenvalue weighted by Gasteiger charge is 2.24. The Hall–Kier alpha value is -0.710. The second kappa shape index (κ2) is 4.52. The lowest BCUT2D eigenvalue weighted by atomic mass is 9.85. The molecule has 5 heteroatoms. The number of rotatable bonds is 2. The maximum Gasteiger partial charge on any atom is 0.141 e. The second-order valence-corrected chi connectivity index (χ2v) is 5.91. The van der Waals surface area contributed by atoms with Crippen molar-refractivity contribution in [3.63, 3.8) is 0 Å². The minimum absolute atomic E-state index is 0.270. The van der Waals surface area contributed by atoms with E-state index in [1.807, 2.05) is 0 Å². The van der Waals surface area contributed by atoms with E-state index in [-0.39, 0.29) is 6.61 Å². The Kier molecular flexibility index (Phi) is 3.03. The van der Waals surface area contributed by atoms with Gasteiger partial charge in [0.1, 0.15) is 16.3 Å². The second-order valence-electron chi connectivity index (χ2n) is 4.47. The molecule has 0 saturated heterocycles. The van der Waals surface area contributed by atoms with Crippen LogP contribution < -0.4 is 0 Å². The fourth-order valence-corrected chi connectivity index (χ4v) is 4.06. The van der Waals surface area contributed by atoms with Gasteiger partial charge in [-0.3, -0.25) is 0 Å². The number of thiophene rings is 1. The lowest BCUT2D eigenvalue weighted by Crippen LogP contribution is -2.13. The number of aliphatic hydroxyl groups excluding tert-OH is 1. The topological polar surface area (TPSA) is 46.0 Å². The first-order valence-electron chi connectivity index (χ1n) is 5.81. The van der Waals surface area contributed by atoms with Crippen LogP contribution >= 0.6 is 22.9 Å². The molecule has 2 aromatic heterocycles. The van der Waals surface area contributed by atoms with Crippen LogP contribution in [0.15, 0.2) is 6.33 Å². The predicted octanol–water partition coefficient (Wildman–Crippen LogP) is 2.83. The van der Waals surface area contributed by atoms with Gasteiger partial charge in [0.2, 0.25) is 0 Å². The van der Waals surface area contributed by atoms with Crippen molar-refractivity contribution in [2.45, 2.75) is 25.7 Å².